The van der Waals surface area contributed by atoms with Crippen molar-refractivity contribution in [3.05, 3.63) is 52.1 Å². The lowest BCUT2D eigenvalue weighted by Crippen LogP contribution is -2.07. The lowest BCUT2D eigenvalue weighted by molar-refractivity contribution is 0.812. The van der Waals surface area contributed by atoms with Crippen molar-refractivity contribution >= 4 is 0 Å². The molecule has 0 unspecified atom stereocenters. The Labute approximate surface area is 99.7 Å². The fourth-order valence-corrected chi connectivity index (χ4v) is 1.83. The van der Waals surface area contributed by atoms with Crippen LogP contribution in [0.4, 0.5) is 0 Å². The average Bonchev–Trinajstić information content (AvgIpc) is 2.29. The second-order valence-electron chi connectivity index (χ2n) is 3.98. The normalized spacial score (nSPS) is 10.5. The van der Waals surface area contributed by atoms with Gasteiger partial charge >= 0.3 is 0 Å². The van der Waals surface area contributed by atoms with Crippen LogP contribution in [0.15, 0.2) is 35.4 Å². The number of pyridine rings is 2. The number of aromatic nitrogens is 2. The van der Waals surface area contributed by atoms with E-state index in [1.807, 2.05) is 26.2 Å². The van der Waals surface area contributed by atoms with Gasteiger partial charge in [-0.2, -0.15) is 0 Å². The van der Waals surface area contributed by atoms with Crippen molar-refractivity contribution in [2.45, 2.75) is 13.5 Å². The van der Waals surface area contributed by atoms with E-state index in [1.165, 1.54) is 0 Å². The molecular formula is C13H15N3O. The van der Waals surface area contributed by atoms with Crippen LogP contribution in [-0.4, -0.2) is 17.0 Å². The predicted molar refractivity (Wildman–Crippen MR) is 67.8 cm³/mol. The molecule has 17 heavy (non-hydrogen) atoms. The lowest BCUT2D eigenvalue weighted by atomic mass is 10.1. The molecule has 0 aliphatic heterocycles. The van der Waals surface area contributed by atoms with Crippen LogP contribution in [0.3, 0.4) is 0 Å². The highest BCUT2D eigenvalue weighted by Crippen LogP contribution is 2.19. The maximum Gasteiger partial charge on any atom is 0.248 e. The van der Waals surface area contributed by atoms with Gasteiger partial charge in [-0.05, 0) is 31.2 Å². The van der Waals surface area contributed by atoms with Crippen molar-refractivity contribution in [3.8, 4) is 11.3 Å². The van der Waals surface area contributed by atoms with Gasteiger partial charge in [0, 0.05) is 30.6 Å². The first-order chi connectivity index (χ1) is 8.20. The molecule has 0 atom stereocenters. The zero-order chi connectivity index (χ0) is 12.3. The maximum atomic E-state index is 11.3. The van der Waals surface area contributed by atoms with E-state index in [4.69, 9.17) is 0 Å². The summed E-state index contributed by atoms with van der Waals surface area (Å²) in [5.41, 5.74) is 3.81. The summed E-state index contributed by atoms with van der Waals surface area (Å²) in [6.07, 6.45) is 3.47. The smallest absolute Gasteiger partial charge is 0.248 e. The van der Waals surface area contributed by atoms with Gasteiger partial charge < -0.3 is 10.3 Å². The number of hydrogen-bond acceptors (Lipinski definition) is 3. The monoisotopic (exact) mass is 229 g/mol. The van der Waals surface area contributed by atoms with Crippen molar-refractivity contribution in [2.75, 3.05) is 7.05 Å². The third kappa shape index (κ3) is 2.60. The Bertz CT molecular complexity index is 575. The van der Waals surface area contributed by atoms with Crippen LogP contribution in [-0.2, 0) is 6.54 Å². The molecular weight excluding hydrogens is 214 g/mol. The highest BCUT2D eigenvalue weighted by atomic mass is 16.1. The summed E-state index contributed by atoms with van der Waals surface area (Å²) >= 11 is 0. The molecule has 0 aliphatic rings. The zero-order valence-electron chi connectivity index (χ0n) is 9.95. The Morgan fingerprint density at radius 2 is 2.24 bits per heavy atom. The topological polar surface area (TPSA) is 57.8 Å². The highest BCUT2D eigenvalue weighted by molar-refractivity contribution is 5.62. The van der Waals surface area contributed by atoms with Crippen molar-refractivity contribution in [2.24, 2.45) is 0 Å². The molecule has 0 amide bonds. The molecule has 0 spiro atoms. The van der Waals surface area contributed by atoms with Gasteiger partial charge in [0.2, 0.25) is 5.56 Å². The third-order valence-corrected chi connectivity index (χ3v) is 2.56. The summed E-state index contributed by atoms with van der Waals surface area (Å²) in [6, 6.07) is 5.50. The fourth-order valence-electron chi connectivity index (χ4n) is 1.83. The maximum absolute atomic E-state index is 11.3. The van der Waals surface area contributed by atoms with Gasteiger partial charge in [0.15, 0.2) is 0 Å². The van der Waals surface area contributed by atoms with Crippen molar-refractivity contribution < 1.29 is 0 Å². The van der Waals surface area contributed by atoms with Crippen molar-refractivity contribution in [1.29, 1.82) is 0 Å². The van der Waals surface area contributed by atoms with Gasteiger partial charge in [0.1, 0.15) is 0 Å². The molecule has 0 radical (unpaired) electrons. The molecule has 2 heterocycles. The molecule has 0 aliphatic carbocycles. The zero-order valence-corrected chi connectivity index (χ0v) is 9.95. The lowest BCUT2D eigenvalue weighted by Gasteiger charge is -2.07. The van der Waals surface area contributed by atoms with E-state index in [0.717, 1.165) is 28.9 Å². The minimum absolute atomic E-state index is 0.108. The SMILES string of the molecule is CNCc1cnc(-c2cc[nH]c(=O)c2)c(C)c1. The summed E-state index contributed by atoms with van der Waals surface area (Å²) in [5, 5.41) is 3.08. The Hall–Kier alpha value is -1.94. The van der Waals surface area contributed by atoms with E-state index < -0.39 is 0 Å². The van der Waals surface area contributed by atoms with Crippen LogP contribution in [0.5, 0.6) is 0 Å². The van der Waals surface area contributed by atoms with Crippen LogP contribution in [0, 0.1) is 6.92 Å². The summed E-state index contributed by atoms with van der Waals surface area (Å²) in [6.45, 7) is 2.80. The van der Waals surface area contributed by atoms with Crippen molar-refractivity contribution in [3.63, 3.8) is 0 Å². The number of rotatable bonds is 3. The van der Waals surface area contributed by atoms with E-state index >= 15 is 0 Å². The number of H-pyrrole nitrogens is 1. The fraction of sp³-hybridized carbons (Fsp3) is 0.231. The minimum Gasteiger partial charge on any atom is -0.329 e. The second kappa shape index (κ2) is 4.93. The molecule has 0 saturated heterocycles. The van der Waals surface area contributed by atoms with E-state index in [1.54, 1.807) is 12.3 Å². The van der Waals surface area contributed by atoms with Gasteiger partial charge in [-0.25, -0.2) is 0 Å². The molecule has 2 aromatic heterocycles. The van der Waals surface area contributed by atoms with E-state index in [0.29, 0.717) is 0 Å². The van der Waals surface area contributed by atoms with Crippen molar-refractivity contribution in [1.82, 2.24) is 15.3 Å². The number of aryl methyl sites for hydroxylation is 1. The molecule has 0 aromatic carbocycles. The molecule has 2 N–H and O–H groups in total. The van der Waals surface area contributed by atoms with Crippen LogP contribution < -0.4 is 10.9 Å². The summed E-state index contributed by atoms with van der Waals surface area (Å²) in [4.78, 5) is 18.3. The molecule has 88 valence electrons. The van der Waals surface area contributed by atoms with E-state index in [-0.39, 0.29) is 5.56 Å². The minimum atomic E-state index is -0.108. The predicted octanol–water partition coefficient (Wildman–Crippen LogP) is 1.46. The standard InChI is InChI=1S/C13H15N3O/c1-9-5-10(7-14-2)8-16-13(9)11-3-4-15-12(17)6-11/h3-6,8,14H,7H2,1-2H3,(H,15,17). The number of nitrogens with one attached hydrogen (secondary N) is 2. The number of nitrogens with zero attached hydrogens (tertiary/aromatic N) is 1. The second-order valence-corrected chi connectivity index (χ2v) is 3.98. The molecule has 0 bridgehead atoms. The van der Waals surface area contributed by atoms with Crippen LogP contribution >= 0.6 is 0 Å². The van der Waals surface area contributed by atoms with Gasteiger partial charge in [-0.3, -0.25) is 9.78 Å². The first-order valence-corrected chi connectivity index (χ1v) is 5.50. The summed E-state index contributed by atoms with van der Waals surface area (Å²) < 4.78 is 0. The number of aromatic amines is 1. The molecule has 2 aromatic rings. The Morgan fingerprint density at radius 3 is 2.88 bits per heavy atom. The van der Waals surface area contributed by atoms with Gasteiger partial charge in [-0.15, -0.1) is 0 Å². The molecule has 0 fully saturated rings. The molecule has 0 saturated carbocycles. The van der Waals surface area contributed by atoms with Gasteiger partial charge in [-0.1, -0.05) is 6.07 Å². The largest absolute Gasteiger partial charge is 0.329 e. The van der Waals surface area contributed by atoms with Crippen LogP contribution in [0.2, 0.25) is 0 Å². The first-order valence-electron chi connectivity index (χ1n) is 5.50. The molecule has 2 rings (SSSR count). The average molecular weight is 229 g/mol. The summed E-state index contributed by atoms with van der Waals surface area (Å²) in [5.74, 6) is 0. The van der Waals surface area contributed by atoms with Crippen LogP contribution in [0.1, 0.15) is 11.1 Å². The highest BCUT2D eigenvalue weighted by Gasteiger charge is 2.04. The third-order valence-electron chi connectivity index (χ3n) is 2.56. The Kier molecular flexibility index (Phi) is 3.35. The Morgan fingerprint density at radius 1 is 1.41 bits per heavy atom. The molecule has 4 heteroatoms. The molecule has 4 nitrogen and oxygen atoms in total. The van der Waals surface area contributed by atoms with Gasteiger partial charge in [0.05, 0.1) is 5.69 Å². The van der Waals surface area contributed by atoms with Crippen LogP contribution in [0.25, 0.3) is 11.3 Å². The van der Waals surface area contributed by atoms with E-state index in [2.05, 4.69) is 21.4 Å². The summed E-state index contributed by atoms with van der Waals surface area (Å²) in [7, 11) is 1.90. The quantitative estimate of drug-likeness (QED) is 0.837. The van der Waals surface area contributed by atoms with E-state index in [9.17, 15) is 4.79 Å². The number of hydrogen-bond donors (Lipinski definition) is 2. The first kappa shape index (κ1) is 11.5. The van der Waals surface area contributed by atoms with Gasteiger partial charge in [0.25, 0.3) is 0 Å². The Balaban J connectivity index is 2.43.